The first-order chi connectivity index (χ1) is 9.01. The highest BCUT2D eigenvalue weighted by atomic mass is 35.5. The van der Waals surface area contributed by atoms with Crippen LogP contribution in [-0.2, 0) is 0 Å². The summed E-state index contributed by atoms with van der Waals surface area (Å²) in [7, 11) is 0. The van der Waals surface area contributed by atoms with Gasteiger partial charge >= 0.3 is 0 Å². The van der Waals surface area contributed by atoms with Crippen LogP contribution in [0.4, 0.5) is 0 Å². The molecule has 2 rings (SSSR count). The van der Waals surface area contributed by atoms with Gasteiger partial charge in [-0.15, -0.1) is 0 Å². The third kappa shape index (κ3) is 3.11. The molecular formula is C14H12Cl2O3. The Labute approximate surface area is 121 Å². The first-order valence-corrected chi connectivity index (χ1v) is 6.48. The van der Waals surface area contributed by atoms with E-state index >= 15 is 0 Å². The number of ether oxygens (including phenoxy) is 1. The lowest BCUT2D eigenvalue weighted by Gasteiger charge is -2.13. The van der Waals surface area contributed by atoms with E-state index in [9.17, 15) is 4.79 Å². The molecule has 0 spiro atoms. The summed E-state index contributed by atoms with van der Waals surface area (Å²) in [4.78, 5) is 10.6. The zero-order chi connectivity index (χ0) is 14.0. The Hall–Kier alpha value is -1.45. The smallest absolute Gasteiger partial charge is 0.185 e. The van der Waals surface area contributed by atoms with E-state index in [0.717, 1.165) is 0 Å². The van der Waals surface area contributed by atoms with Crippen LogP contribution in [0, 0.1) is 0 Å². The molecule has 2 aromatic rings. The topological polar surface area (TPSA) is 39.4 Å². The molecule has 0 atom stereocenters. The van der Waals surface area contributed by atoms with Gasteiger partial charge in [0.25, 0.3) is 0 Å². The number of rotatable bonds is 4. The minimum absolute atomic E-state index is 0.00435. The lowest BCUT2D eigenvalue weighted by atomic mass is 10.1. The third-order valence-electron chi connectivity index (χ3n) is 2.39. The van der Waals surface area contributed by atoms with Crippen LogP contribution in [0.25, 0.3) is 11.3 Å². The Morgan fingerprint density at radius 2 is 1.95 bits per heavy atom. The van der Waals surface area contributed by atoms with E-state index in [1.165, 1.54) is 0 Å². The summed E-state index contributed by atoms with van der Waals surface area (Å²) >= 11 is 12.3. The summed E-state index contributed by atoms with van der Waals surface area (Å²) in [6.45, 7) is 3.81. The summed E-state index contributed by atoms with van der Waals surface area (Å²) in [5, 5.41) is 0.893. The molecule has 100 valence electrons. The number of benzene rings is 1. The van der Waals surface area contributed by atoms with Gasteiger partial charge in [-0.2, -0.15) is 0 Å². The van der Waals surface area contributed by atoms with E-state index in [1.54, 1.807) is 24.3 Å². The van der Waals surface area contributed by atoms with E-state index in [4.69, 9.17) is 32.4 Å². The zero-order valence-electron chi connectivity index (χ0n) is 10.4. The highest BCUT2D eigenvalue weighted by Crippen LogP contribution is 2.37. The molecule has 1 heterocycles. The molecule has 0 fully saturated rings. The predicted octanol–water partition coefficient (Wildman–Crippen LogP) is 4.85. The number of aldehydes is 1. The van der Waals surface area contributed by atoms with Crippen molar-refractivity contribution in [2.24, 2.45) is 0 Å². The standard InChI is InChI=1S/C14H12Cl2O3/c1-8(2)18-14-6-11(15)10(5-12(14)16)13-4-3-9(7-17)19-13/h3-8H,1-2H3. The maximum Gasteiger partial charge on any atom is 0.185 e. The Kier molecular flexibility index (Phi) is 4.17. The third-order valence-corrected chi connectivity index (χ3v) is 3.00. The van der Waals surface area contributed by atoms with Gasteiger partial charge in [-0.3, -0.25) is 4.79 Å². The quantitative estimate of drug-likeness (QED) is 0.757. The van der Waals surface area contributed by atoms with E-state index < -0.39 is 0 Å². The molecule has 0 saturated heterocycles. The Morgan fingerprint density at radius 1 is 1.21 bits per heavy atom. The maximum atomic E-state index is 10.6. The molecule has 5 heteroatoms. The molecule has 1 aromatic carbocycles. The van der Waals surface area contributed by atoms with E-state index in [2.05, 4.69) is 0 Å². The predicted molar refractivity (Wildman–Crippen MR) is 75.3 cm³/mol. The van der Waals surface area contributed by atoms with Crippen molar-refractivity contribution in [3.05, 3.63) is 40.1 Å². The van der Waals surface area contributed by atoms with Crippen LogP contribution < -0.4 is 4.74 Å². The normalized spacial score (nSPS) is 10.8. The molecule has 1 aromatic heterocycles. The molecule has 19 heavy (non-hydrogen) atoms. The molecular weight excluding hydrogens is 287 g/mol. The fourth-order valence-electron chi connectivity index (χ4n) is 1.62. The van der Waals surface area contributed by atoms with Crippen molar-refractivity contribution in [1.82, 2.24) is 0 Å². The Bertz CT molecular complexity index is 603. The molecule has 0 radical (unpaired) electrons. The number of carbonyl (C=O) groups is 1. The van der Waals surface area contributed by atoms with Crippen LogP contribution in [0.3, 0.4) is 0 Å². The highest BCUT2D eigenvalue weighted by molar-refractivity contribution is 6.36. The molecule has 0 saturated carbocycles. The van der Waals surface area contributed by atoms with Crippen LogP contribution in [-0.4, -0.2) is 12.4 Å². The lowest BCUT2D eigenvalue weighted by Crippen LogP contribution is -2.05. The van der Waals surface area contributed by atoms with E-state index in [-0.39, 0.29) is 11.9 Å². The van der Waals surface area contributed by atoms with Gasteiger partial charge in [-0.1, -0.05) is 23.2 Å². The number of furan rings is 1. The van der Waals surface area contributed by atoms with Crippen LogP contribution in [0.2, 0.25) is 10.0 Å². The van der Waals surface area contributed by atoms with E-state index in [1.807, 2.05) is 13.8 Å². The molecule has 0 amide bonds. The van der Waals surface area contributed by atoms with Crippen molar-refractivity contribution in [2.75, 3.05) is 0 Å². The molecule has 0 bridgehead atoms. The van der Waals surface area contributed by atoms with Crippen LogP contribution in [0.5, 0.6) is 5.75 Å². The summed E-state index contributed by atoms with van der Waals surface area (Å²) in [6.07, 6.45) is 0.639. The minimum Gasteiger partial charge on any atom is -0.489 e. The number of hydrogen-bond acceptors (Lipinski definition) is 3. The van der Waals surface area contributed by atoms with Gasteiger partial charge in [0.05, 0.1) is 16.1 Å². The second-order valence-corrected chi connectivity index (χ2v) is 5.06. The van der Waals surface area contributed by atoms with Gasteiger partial charge in [-0.25, -0.2) is 0 Å². The lowest BCUT2D eigenvalue weighted by molar-refractivity contribution is 0.110. The first kappa shape index (κ1) is 14.0. The molecule has 3 nitrogen and oxygen atoms in total. The monoisotopic (exact) mass is 298 g/mol. The second kappa shape index (κ2) is 5.68. The number of halogens is 2. The van der Waals surface area contributed by atoms with Gasteiger partial charge < -0.3 is 9.15 Å². The van der Waals surface area contributed by atoms with Crippen molar-refractivity contribution >= 4 is 29.5 Å². The minimum atomic E-state index is 0.00435. The fourth-order valence-corrected chi connectivity index (χ4v) is 2.08. The summed E-state index contributed by atoms with van der Waals surface area (Å²) < 4.78 is 10.9. The van der Waals surface area contributed by atoms with Crippen LogP contribution >= 0.6 is 23.2 Å². The highest BCUT2D eigenvalue weighted by Gasteiger charge is 2.14. The van der Waals surface area contributed by atoms with Gasteiger partial charge in [0.1, 0.15) is 11.5 Å². The SMILES string of the molecule is CC(C)Oc1cc(Cl)c(-c2ccc(C=O)o2)cc1Cl. The molecule has 0 aliphatic heterocycles. The molecule has 0 unspecified atom stereocenters. The fraction of sp³-hybridized carbons (Fsp3) is 0.214. The second-order valence-electron chi connectivity index (χ2n) is 4.25. The van der Waals surface area contributed by atoms with Gasteiger partial charge in [-0.05, 0) is 32.0 Å². The van der Waals surface area contributed by atoms with Crippen molar-refractivity contribution in [3.8, 4) is 17.1 Å². The van der Waals surface area contributed by atoms with Gasteiger partial charge in [0.15, 0.2) is 12.0 Å². The van der Waals surface area contributed by atoms with Gasteiger partial charge in [0.2, 0.25) is 0 Å². The van der Waals surface area contributed by atoms with Crippen molar-refractivity contribution < 1.29 is 13.9 Å². The average molecular weight is 299 g/mol. The Balaban J connectivity index is 2.42. The van der Waals surface area contributed by atoms with Crippen molar-refractivity contribution in [2.45, 2.75) is 20.0 Å². The number of carbonyl (C=O) groups excluding carboxylic acids is 1. The van der Waals surface area contributed by atoms with Crippen LogP contribution in [0.15, 0.2) is 28.7 Å². The number of hydrogen-bond donors (Lipinski definition) is 0. The van der Waals surface area contributed by atoms with E-state index in [0.29, 0.717) is 33.4 Å². The molecule has 0 aliphatic carbocycles. The summed E-state index contributed by atoms with van der Waals surface area (Å²) in [5.41, 5.74) is 0.621. The molecule has 0 N–H and O–H groups in total. The van der Waals surface area contributed by atoms with Crippen molar-refractivity contribution in [1.29, 1.82) is 0 Å². The zero-order valence-corrected chi connectivity index (χ0v) is 12.0. The molecule has 0 aliphatic rings. The summed E-state index contributed by atoms with van der Waals surface area (Å²) in [5.74, 6) is 1.25. The Morgan fingerprint density at radius 3 is 2.53 bits per heavy atom. The maximum absolute atomic E-state index is 10.6. The van der Waals surface area contributed by atoms with Gasteiger partial charge in [0, 0.05) is 11.6 Å². The largest absolute Gasteiger partial charge is 0.489 e. The average Bonchev–Trinajstić information content (AvgIpc) is 2.81. The summed E-state index contributed by atoms with van der Waals surface area (Å²) in [6, 6.07) is 6.55. The van der Waals surface area contributed by atoms with Crippen molar-refractivity contribution in [3.63, 3.8) is 0 Å². The van der Waals surface area contributed by atoms with Crippen LogP contribution in [0.1, 0.15) is 24.4 Å². The first-order valence-electron chi connectivity index (χ1n) is 5.72.